The van der Waals surface area contributed by atoms with E-state index in [9.17, 15) is 4.79 Å². The largest absolute Gasteiger partial charge is 0.404 e. The number of nitrogens with two attached hydrogens (primary N) is 1. The predicted octanol–water partition coefficient (Wildman–Crippen LogP) is 0.876. The van der Waals surface area contributed by atoms with Gasteiger partial charge in [-0.15, -0.1) is 0 Å². The van der Waals surface area contributed by atoms with Gasteiger partial charge < -0.3 is 5.73 Å². The number of rotatable bonds is 3. The summed E-state index contributed by atoms with van der Waals surface area (Å²) in [6.07, 6.45) is 2.92. The van der Waals surface area contributed by atoms with Crippen molar-refractivity contribution in [1.29, 1.82) is 5.41 Å². The third-order valence-corrected chi connectivity index (χ3v) is 1.30. The average Bonchev–Trinajstić information content (AvgIpc) is 2.06. The highest BCUT2D eigenvalue weighted by Crippen LogP contribution is 2.00. The van der Waals surface area contributed by atoms with Crippen LogP contribution in [-0.2, 0) is 4.79 Å². The van der Waals surface area contributed by atoms with Gasteiger partial charge in [-0.3, -0.25) is 10.2 Å². The Morgan fingerprint density at radius 3 is 2.58 bits per heavy atom. The first-order valence-electron chi connectivity index (χ1n) is 3.70. The third kappa shape index (κ3) is 2.65. The molecule has 0 aliphatic heterocycles. The monoisotopic (exact) mass is 167 g/mol. The maximum absolute atomic E-state index is 11.1. The first-order valence-corrected chi connectivity index (χ1v) is 3.70. The number of aliphatic imine (C=N–C) groups is 1. The lowest BCUT2D eigenvalue weighted by Crippen LogP contribution is -2.11. The molecule has 0 atom stereocenters. The molecule has 0 amide bonds. The Bertz CT molecular complexity index is 241. The summed E-state index contributed by atoms with van der Waals surface area (Å²) in [6.45, 7) is 3.40. The standard InChI is InChI=1S/C8H13N3O/c1-3-7(12)6(5-9)8(10)11-4-2/h4-5,10H,3,9H2,1-2H3/b6-5-,10-8?,11-4-. The second-order valence-corrected chi connectivity index (χ2v) is 2.09. The molecule has 0 aliphatic carbocycles. The fraction of sp³-hybridized carbons (Fsp3) is 0.375. The summed E-state index contributed by atoms with van der Waals surface area (Å²) in [4.78, 5) is 14.8. The van der Waals surface area contributed by atoms with Crippen LogP contribution in [0.4, 0.5) is 0 Å². The van der Waals surface area contributed by atoms with Crippen molar-refractivity contribution in [3.05, 3.63) is 11.8 Å². The molecule has 0 spiro atoms. The molecule has 12 heavy (non-hydrogen) atoms. The Labute approximate surface area is 71.7 Å². The number of ketones is 1. The van der Waals surface area contributed by atoms with Crippen LogP contribution in [0.3, 0.4) is 0 Å². The smallest absolute Gasteiger partial charge is 0.167 e. The summed E-state index contributed by atoms with van der Waals surface area (Å²) in [5.74, 6) is -0.236. The molecule has 0 aromatic carbocycles. The van der Waals surface area contributed by atoms with Gasteiger partial charge in [0.15, 0.2) is 11.6 Å². The van der Waals surface area contributed by atoms with Gasteiger partial charge in [0.1, 0.15) is 0 Å². The number of nitrogens with zero attached hydrogens (tertiary/aromatic N) is 1. The lowest BCUT2D eigenvalue weighted by Gasteiger charge is -1.99. The molecular formula is C8H13N3O. The van der Waals surface area contributed by atoms with Gasteiger partial charge in [0.25, 0.3) is 0 Å². The van der Waals surface area contributed by atoms with E-state index in [0.717, 1.165) is 6.20 Å². The number of hydrogen-bond acceptors (Lipinski definition) is 3. The van der Waals surface area contributed by atoms with Crippen LogP contribution < -0.4 is 5.73 Å². The molecule has 0 heterocycles. The first kappa shape index (κ1) is 10.6. The Kier molecular flexibility index (Phi) is 4.60. The van der Waals surface area contributed by atoms with Gasteiger partial charge in [-0.25, -0.2) is 4.99 Å². The maximum Gasteiger partial charge on any atom is 0.167 e. The topological polar surface area (TPSA) is 79.3 Å². The fourth-order valence-corrected chi connectivity index (χ4v) is 0.693. The molecule has 0 radical (unpaired) electrons. The highest BCUT2D eigenvalue weighted by molar-refractivity contribution is 6.21. The summed E-state index contributed by atoms with van der Waals surface area (Å²) < 4.78 is 0. The number of carbonyl (C=O) groups is 1. The normalized spacial score (nSPS) is 12.0. The minimum atomic E-state index is -0.159. The number of nitrogens with one attached hydrogen (secondary N) is 1. The number of Topliss-reactive ketones (excluding diaryl/α,β-unsaturated/α-hetero) is 1. The van der Waals surface area contributed by atoms with Crippen molar-refractivity contribution in [3.8, 4) is 0 Å². The van der Waals surface area contributed by atoms with Crippen LogP contribution in [0.2, 0.25) is 0 Å². The van der Waals surface area contributed by atoms with Crippen molar-refractivity contribution in [1.82, 2.24) is 0 Å². The van der Waals surface area contributed by atoms with Crippen LogP contribution in [-0.4, -0.2) is 17.8 Å². The fourth-order valence-electron chi connectivity index (χ4n) is 0.693. The van der Waals surface area contributed by atoms with Crippen LogP contribution >= 0.6 is 0 Å². The highest BCUT2D eigenvalue weighted by atomic mass is 16.1. The van der Waals surface area contributed by atoms with Crippen molar-refractivity contribution < 1.29 is 4.79 Å². The minimum absolute atomic E-state index is 0.0770. The molecule has 0 unspecified atom stereocenters. The quantitative estimate of drug-likeness (QED) is 0.371. The molecule has 0 saturated carbocycles. The predicted molar refractivity (Wildman–Crippen MR) is 49.5 cm³/mol. The summed E-state index contributed by atoms with van der Waals surface area (Å²) in [5.41, 5.74) is 5.36. The van der Waals surface area contributed by atoms with Gasteiger partial charge in [-0.05, 0) is 6.92 Å². The van der Waals surface area contributed by atoms with Gasteiger partial charge in [0.05, 0.1) is 5.57 Å². The third-order valence-electron chi connectivity index (χ3n) is 1.30. The Hall–Kier alpha value is -1.45. The highest BCUT2D eigenvalue weighted by Gasteiger charge is 2.10. The first-order chi connectivity index (χ1) is 5.67. The SMILES string of the molecule is C/C=N\C(=N)/C(=C\N)C(=O)CC. The van der Waals surface area contributed by atoms with Gasteiger partial charge in [-0.1, -0.05) is 6.92 Å². The van der Waals surface area contributed by atoms with E-state index in [1.165, 1.54) is 6.21 Å². The van der Waals surface area contributed by atoms with Gasteiger partial charge in [-0.2, -0.15) is 0 Å². The molecule has 0 fully saturated rings. The van der Waals surface area contributed by atoms with Crippen molar-refractivity contribution >= 4 is 17.8 Å². The molecule has 4 heteroatoms. The Morgan fingerprint density at radius 2 is 2.25 bits per heavy atom. The average molecular weight is 167 g/mol. The van der Waals surface area contributed by atoms with E-state index in [2.05, 4.69) is 4.99 Å². The second-order valence-electron chi connectivity index (χ2n) is 2.09. The van der Waals surface area contributed by atoms with Gasteiger partial charge in [0, 0.05) is 18.8 Å². The summed E-state index contributed by atoms with van der Waals surface area (Å²) in [5, 5.41) is 7.31. The van der Waals surface area contributed by atoms with E-state index in [0.29, 0.717) is 6.42 Å². The Balaban J connectivity index is 4.59. The van der Waals surface area contributed by atoms with Crippen LogP contribution in [0, 0.1) is 5.41 Å². The molecule has 0 aromatic rings. The van der Waals surface area contributed by atoms with Crippen LogP contribution in [0.15, 0.2) is 16.8 Å². The van der Waals surface area contributed by atoms with Crippen LogP contribution in [0.5, 0.6) is 0 Å². The van der Waals surface area contributed by atoms with E-state index in [4.69, 9.17) is 11.1 Å². The van der Waals surface area contributed by atoms with E-state index in [1.807, 2.05) is 0 Å². The van der Waals surface area contributed by atoms with Crippen molar-refractivity contribution in [3.63, 3.8) is 0 Å². The zero-order valence-corrected chi connectivity index (χ0v) is 7.29. The molecular weight excluding hydrogens is 154 g/mol. The number of carbonyl (C=O) groups excluding carboxylic acids is 1. The second kappa shape index (κ2) is 5.23. The van der Waals surface area contributed by atoms with E-state index < -0.39 is 0 Å². The summed E-state index contributed by atoms with van der Waals surface area (Å²) in [6, 6.07) is 0. The van der Waals surface area contributed by atoms with Gasteiger partial charge >= 0.3 is 0 Å². The van der Waals surface area contributed by atoms with E-state index in [-0.39, 0.29) is 17.2 Å². The number of hydrogen-bond donors (Lipinski definition) is 2. The molecule has 0 aliphatic rings. The summed E-state index contributed by atoms with van der Waals surface area (Å²) in [7, 11) is 0. The zero-order chi connectivity index (χ0) is 9.56. The zero-order valence-electron chi connectivity index (χ0n) is 7.29. The molecule has 3 N–H and O–H groups in total. The molecule has 66 valence electrons. The van der Waals surface area contributed by atoms with Crippen molar-refractivity contribution in [2.45, 2.75) is 20.3 Å². The van der Waals surface area contributed by atoms with E-state index >= 15 is 0 Å². The maximum atomic E-state index is 11.1. The van der Waals surface area contributed by atoms with E-state index in [1.54, 1.807) is 13.8 Å². The van der Waals surface area contributed by atoms with Gasteiger partial charge in [0.2, 0.25) is 0 Å². The Morgan fingerprint density at radius 1 is 1.67 bits per heavy atom. The van der Waals surface area contributed by atoms with Crippen molar-refractivity contribution in [2.75, 3.05) is 0 Å². The molecule has 0 rings (SSSR count). The summed E-state index contributed by atoms with van der Waals surface area (Å²) >= 11 is 0. The van der Waals surface area contributed by atoms with Crippen LogP contribution in [0.1, 0.15) is 20.3 Å². The van der Waals surface area contributed by atoms with Crippen molar-refractivity contribution in [2.24, 2.45) is 10.7 Å². The lowest BCUT2D eigenvalue weighted by atomic mass is 10.1. The molecule has 0 aromatic heterocycles. The van der Waals surface area contributed by atoms with Crippen LogP contribution in [0.25, 0.3) is 0 Å². The minimum Gasteiger partial charge on any atom is -0.404 e. The molecule has 0 bridgehead atoms. The number of amidine groups is 1. The molecule has 0 saturated heterocycles. The molecule has 4 nitrogen and oxygen atoms in total. The lowest BCUT2D eigenvalue weighted by molar-refractivity contribution is -0.114.